The average molecular weight is 454 g/mol. The Morgan fingerprint density at radius 1 is 1.03 bits per heavy atom. The van der Waals surface area contributed by atoms with E-state index in [1.54, 1.807) is 6.07 Å². The fourth-order valence-corrected chi connectivity index (χ4v) is 4.89. The van der Waals surface area contributed by atoms with E-state index in [1.807, 2.05) is 35.2 Å². The zero-order valence-corrected chi connectivity index (χ0v) is 18.4. The highest BCUT2D eigenvalue weighted by molar-refractivity contribution is 6.00. The molecule has 0 aromatic heterocycles. The van der Waals surface area contributed by atoms with Gasteiger partial charge < -0.3 is 9.64 Å². The molecule has 1 amide bonds. The van der Waals surface area contributed by atoms with Gasteiger partial charge in [-0.05, 0) is 53.9 Å². The van der Waals surface area contributed by atoms with Crippen molar-refractivity contribution in [3.8, 4) is 11.5 Å². The highest BCUT2D eigenvalue weighted by Crippen LogP contribution is 2.40. The Morgan fingerprint density at radius 2 is 1.76 bits per heavy atom. The topological polar surface area (TPSA) is 32.8 Å². The normalized spacial score (nSPS) is 17.6. The molecule has 2 saturated heterocycles. The number of alkyl halides is 3. The van der Waals surface area contributed by atoms with Gasteiger partial charge in [0.1, 0.15) is 18.2 Å². The molecule has 0 saturated carbocycles. The Labute approximate surface area is 190 Å². The first-order valence-electron chi connectivity index (χ1n) is 11.0. The molecule has 2 aliphatic heterocycles. The maximum Gasteiger partial charge on any atom is 0.270 e. The molecular formula is C26H25F3N2O2. The summed E-state index contributed by atoms with van der Waals surface area (Å²) < 4.78 is 45.3. The quantitative estimate of drug-likeness (QED) is 0.495. The van der Waals surface area contributed by atoms with Crippen molar-refractivity contribution >= 4 is 16.7 Å². The number of amides is 1. The van der Waals surface area contributed by atoms with Crippen LogP contribution in [0.3, 0.4) is 0 Å². The summed E-state index contributed by atoms with van der Waals surface area (Å²) in [6.07, 6.45) is 0. The number of rotatable bonds is 6. The van der Waals surface area contributed by atoms with Crippen molar-refractivity contribution < 1.29 is 22.7 Å². The third-order valence-electron chi connectivity index (χ3n) is 6.53. The monoisotopic (exact) mass is 454 g/mol. The number of ether oxygens (including phenoxy) is 1. The third-order valence-corrected chi connectivity index (χ3v) is 6.53. The van der Waals surface area contributed by atoms with Gasteiger partial charge in [-0.15, -0.1) is 0 Å². The van der Waals surface area contributed by atoms with Crippen LogP contribution < -0.4 is 4.74 Å². The second-order valence-electron chi connectivity index (χ2n) is 9.27. The summed E-state index contributed by atoms with van der Waals surface area (Å²) in [5, 5.41) is 1.70. The Balaban J connectivity index is 1.28. The smallest absolute Gasteiger partial charge is 0.270 e. The lowest BCUT2D eigenvalue weighted by Gasteiger charge is -2.60. The molecule has 1 spiro atoms. The molecule has 0 aliphatic carbocycles. The highest BCUT2D eigenvalue weighted by Gasteiger charge is 2.52. The van der Waals surface area contributed by atoms with Crippen LogP contribution in [-0.4, -0.2) is 55.1 Å². The number of hydrogen-bond acceptors (Lipinski definition) is 3. The van der Waals surface area contributed by atoms with E-state index in [4.69, 9.17) is 4.74 Å². The lowest BCUT2D eigenvalue weighted by Crippen LogP contribution is -2.72. The number of halogens is 3. The van der Waals surface area contributed by atoms with Crippen molar-refractivity contribution in [2.45, 2.75) is 12.8 Å². The van der Waals surface area contributed by atoms with E-state index in [1.165, 1.54) is 24.3 Å². The average Bonchev–Trinajstić information content (AvgIpc) is 2.73. The summed E-state index contributed by atoms with van der Waals surface area (Å²) in [6, 6.07) is 16.8. The van der Waals surface area contributed by atoms with Gasteiger partial charge in [0.25, 0.3) is 11.8 Å². The fourth-order valence-electron chi connectivity index (χ4n) is 4.89. The molecule has 172 valence electrons. The standard InChI is InChI=1S/C26H25F3N2O2/c1-25(28,29)20-6-8-21(9-7-20)33-23-4-2-3-18-13-19(5-10-22(18)23)24(32)31-16-26(17-31)14-30(15-26)12-11-27/h2-10,13H,11-12,14-17H2,1H3. The van der Waals surface area contributed by atoms with Crippen LogP contribution in [0, 0.1) is 5.41 Å². The second-order valence-corrected chi connectivity index (χ2v) is 9.27. The number of carbonyl (C=O) groups excluding carboxylic acids is 1. The molecule has 0 radical (unpaired) electrons. The minimum atomic E-state index is -2.90. The summed E-state index contributed by atoms with van der Waals surface area (Å²) in [5.74, 6) is -1.85. The molecule has 7 heteroatoms. The summed E-state index contributed by atoms with van der Waals surface area (Å²) in [6.45, 7) is 4.14. The van der Waals surface area contributed by atoms with Crippen LogP contribution in [0.5, 0.6) is 11.5 Å². The minimum Gasteiger partial charge on any atom is -0.457 e. The molecule has 0 atom stereocenters. The van der Waals surface area contributed by atoms with Gasteiger partial charge in [-0.1, -0.05) is 12.1 Å². The van der Waals surface area contributed by atoms with Gasteiger partial charge in [-0.25, -0.2) is 13.2 Å². The molecule has 33 heavy (non-hydrogen) atoms. The SMILES string of the molecule is CC(F)(F)c1ccc(Oc2cccc3cc(C(=O)N4CC5(CN(CCF)C5)C4)ccc23)cc1. The van der Waals surface area contributed by atoms with Gasteiger partial charge >= 0.3 is 0 Å². The highest BCUT2D eigenvalue weighted by atomic mass is 19.3. The van der Waals surface area contributed by atoms with Gasteiger partial charge in [0, 0.05) is 61.6 Å². The number of nitrogens with zero attached hydrogens (tertiary/aromatic N) is 2. The number of likely N-dealkylation sites (tertiary alicyclic amines) is 2. The first-order chi connectivity index (χ1) is 15.8. The second kappa shape index (κ2) is 8.06. The maximum absolute atomic E-state index is 13.4. The summed E-state index contributed by atoms with van der Waals surface area (Å²) >= 11 is 0. The van der Waals surface area contributed by atoms with E-state index in [0.29, 0.717) is 36.7 Å². The van der Waals surface area contributed by atoms with E-state index < -0.39 is 5.92 Å². The Kier molecular flexibility index (Phi) is 5.32. The van der Waals surface area contributed by atoms with Gasteiger partial charge in [0.2, 0.25) is 0 Å². The van der Waals surface area contributed by atoms with E-state index in [-0.39, 0.29) is 23.6 Å². The number of hydrogen-bond donors (Lipinski definition) is 0. The van der Waals surface area contributed by atoms with E-state index in [0.717, 1.165) is 30.8 Å². The molecule has 0 N–H and O–H groups in total. The van der Waals surface area contributed by atoms with E-state index in [2.05, 4.69) is 4.90 Å². The van der Waals surface area contributed by atoms with Crippen molar-refractivity contribution in [1.29, 1.82) is 0 Å². The van der Waals surface area contributed by atoms with Crippen LogP contribution in [0.1, 0.15) is 22.8 Å². The van der Waals surface area contributed by atoms with E-state index in [9.17, 15) is 18.0 Å². The van der Waals surface area contributed by atoms with Gasteiger partial charge in [-0.3, -0.25) is 9.69 Å². The molecule has 2 heterocycles. The molecule has 0 unspecified atom stereocenters. The zero-order chi connectivity index (χ0) is 23.2. The molecule has 3 aromatic carbocycles. The zero-order valence-electron chi connectivity index (χ0n) is 18.4. The van der Waals surface area contributed by atoms with Gasteiger partial charge in [0.15, 0.2) is 0 Å². The number of fused-ring (bicyclic) bond motifs is 1. The molecule has 0 bridgehead atoms. The molecule has 2 fully saturated rings. The third kappa shape index (κ3) is 4.17. The van der Waals surface area contributed by atoms with Crippen LogP contribution in [0.4, 0.5) is 13.2 Å². The van der Waals surface area contributed by atoms with Crippen LogP contribution in [0.15, 0.2) is 60.7 Å². The van der Waals surface area contributed by atoms with Crippen molar-refractivity contribution in [3.63, 3.8) is 0 Å². The largest absolute Gasteiger partial charge is 0.457 e. The first-order valence-corrected chi connectivity index (χ1v) is 11.0. The Hall–Kier alpha value is -3.06. The molecule has 3 aromatic rings. The van der Waals surface area contributed by atoms with Crippen LogP contribution in [-0.2, 0) is 5.92 Å². The Bertz CT molecular complexity index is 1180. The predicted octanol–water partition coefficient (Wildman–Crippen LogP) is 5.47. The van der Waals surface area contributed by atoms with Crippen molar-refractivity contribution in [2.24, 2.45) is 5.41 Å². The number of carbonyl (C=O) groups is 1. The van der Waals surface area contributed by atoms with Crippen molar-refractivity contribution in [1.82, 2.24) is 9.80 Å². The summed E-state index contributed by atoms with van der Waals surface area (Å²) in [4.78, 5) is 16.9. The van der Waals surface area contributed by atoms with Crippen LogP contribution >= 0.6 is 0 Å². The molecule has 5 rings (SSSR count). The fraction of sp³-hybridized carbons (Fsp3) is 0.346. The maximum atomic E-state index is 13.4. The van der Waals surface area contributed by atoms with Crippen molar-refractivity contribution in [2.75, 3.05) is 39.4 Å². The minimum absolute atomic E-state index is 0.00568. The van der Waals surface area contributed by atoms with E-state index >= 15 is 0 Å². The van der Waals surface area contributed by atoms with Crippen LogP contribution in [0.25, 0.3) is 10.8 Å². The molecule has 2 aliphatic rings. The lowest BCUT2D eigenvalue weighted by molar-refractivity contribution is -0.0989. The number of benzene rings is 3. The van der Waals surface area contributed by atoms with Crippen LogP contribution in [0.2, 0.25) is 0 Å². The van der Waals surface area contributed by atoms with Crippen molar-refractivity contribution in [3.05, 3.63) is 71.8 Å². The lowest BCUT2D eigenvalue weighted by atomic mass is 9.72. The predicted molar refractivity (Wildman–Crippen MR) is 121 cm³/mol. The first kappa shape index (κ1) is 21.8. The molecule has 4 nitrogen and oxygen atoms in total. The van der Waals surface area contributed by atoms with Gasteiger partial charge in [0.05, 0.1) is 0 Å². The molecular weight excluding hydrogens is 429 g/mol. The Morgan fingerprint density at radius 3 is 2.42 bits per heavy atom. The summed E-state index contributed by atoms with van der Waals surface area (Å²) in [5.41, 5.74) is 0.685. The van der Waals surface area contributed by atoms with Gasteiger partial charge in [-0.2, -0.15) is 0 Å². The summed E-state index contributed by atoms with van der Waals surface area (Å²) in [7, 11) is 0.